The second-order valence-corrected chi connectivity index (χ2v) is 7.01. The van der Waals surface area contributed by atoms with Gasteiger partial charge in [-0.1, -0.05) is 63.4 Å². The summed E-state index contributed by atoms with van der Waals surface area (Å²) in [5, 5.41) is 0. The highest BCUT2D eigenvalue weighted by molar-refractivity contribution is 6.06. The minimum atomic E-state index is 0.0561. The fourth-order valence-corrected chi connectivity index (χ4v) is 2.91. The van der Waals surface area contributed by atoms with Crippen molar-refractivity contribution in [3.8, 4) is 0 Å². The quantitative estimate of drug-likeness (QED) is 0.564. The van der Waals surface area contributed by atoms with Crippen LogP contribution in [0.5, 0.6) is 0 Å². The molecule has 1 nitrogen and oxygen atoms in total. The summed E-state index contributed by atoms with van der Waals surface area (Å²) in [6.45, 7) is 19.2. The van der Waals surface area contributed by atoms with Gasteiger partial charge in [-0.25, -0.2) is 0 Å². The average Bonchev–Trinajstić information content (AvgIpc) is 2.90. The Bertz CT molecular complexity index is 681. The summed E-state index contributed by atoms with van der Waals surface area (Å²) in [5.74, 6) is 0. The van der Waals surface area contributed by atoms with Crippen LogP contribution in [-0.4, -0.2) is 12.3 Å². The van der Waals surface area contributed by atoms with Crippen molar-refractivity contribution < 1.29 is 0 Å². The molecule has 1 aliphatic heterocycles. The SMILES string of the molecule is C=Cc1ccc(CC2=C(C(=C)C)C(CC(C)(C)C=C)=NC2)cc1. The molecule has 1 aliphatic rings. The number of hydrogen-bond acceptors (Lipinski definition) is 1. The van der Waals surface area contributed by atoms with Crippen LogP contribution in [0.2, 0.25) is 0 Å². The number of allylic oxidation sites excluding steroid dienone is 3. The van der Waals surface area contributed by atoms with Crippen molar-refractivity contribution in [1.82, 2.24) is 0 Å². The van der Waals surface area contributed by atoms with E-state index in [9.17, 15) is 0 Å². The van der Waals surface area contributed by atoms with E-state index < -0.39 is 0 Å². The average molecular weight is 305 g/mol. The van der Waals surface area contributed by atoms with Crippen molar-refractivity contribution in [2.75, 3.05) is 6.54 Å². The zero-order chi connectivity index (χ0) is 17.0. The Morgan fingerprint density at radius 2 is 1.87 bits per heavy atom. The maximum atomic E-state index is 4.80. The van der Waals surface area contributed by atoms with E-state index in [0.717, 1.165) is 30.5 Å². The van der Waals surface area contributed by atoms with Crippen LogP contribution in [0.1, 0.15) is 38.3 Å². The van der Waals surface area contributed by atoms with Crippen LogP contribution in [0.3, 0.4) is 0 Å². The minimum absolute atomic E-state index is 0.0561. The molecule has 1 heteroatoms. The van der Waals surface area contributed by atoms with Gasteiger partial charge in [-0.3, -0.25) is 4.99 Å². The minimum Gasteiger partial charge on any atom is -0.285 e. The standard InChI is InChI=1S/C22H27N/c1-7-17-9-11-18(12-10-17)13-19-15-23-20(21(19)16(3)4)14-22(5,6)8-2/h7-12H,1-3,13-15H2,4-6H3. The molecule has 1 heterocycles. The van der Waals surface area contributed by atoms with Crippen molar-refractivity contribution in [3.63, 3.8) is 0 Å². The van der Waals surface area contributed by atoms with E-state index in [0.29, 0.717) is 0 Å². The number of aliphatic imine (C=N–C) groups is 1. The summed E-state index contributed by atoms with van der Waals surface area (Å²) in [6.07, 6.45) is 5.73. The maximum absolute atomic E-state index is 4.80. The van der Waals surface area contributed by atoms with Crippen LogP contribution >= 0.6 is 0 Å². The van der Waals surface area contributed by atoms with Gasteiger partial charge in [-0.15, -0.1) is 6.58 Å². The Hall–Kier alpha value is -2.15. The topological polar surface area (TPSA) is 12.4 Å². The Morgan fingerprint density at radius 3 is 2.39 bits per heavy atom. The van der Waals surface area contributed by atoms with Crippen LogP contribution in [-0.2, 0) is 6.42 Å². The second-order valence-electron chi connectivity index (χ2n) is 7.01. The lowest BCUT2D eigenvalue weighted by atomic mass is 9.83. The van der Waals surface area contributed by atoms with Crippen molar-refractivity contribution in [2.24, 2.45) is 10.4 Å². The van der Waals surface area contributed by atoms with Gasteiger partial charge < -0.3 is 0 Å². The summed E-state index contributed by atoms with van der Waals surface area (Å²) in [5.41, 5.74) is 7.45. The molecule has 0 atom stereocenters. The van der Waals surface area contributed by atoms with Crippen molar-refractivity contribution >= 4 is 11.8 Å². The molecule has 1 aromatic carbocycles. The fourth-order valence-electron chi connectivity index (χ4n) is 2.91. The van der Waals surface area contributed by atoms with Gasteiger partial charge in [0.25, 0.3) is 0 Å². The van der Waals surface area contributed by atoms with Gasteiger partial charge in [0.1, 0.15) is 0 Å². The molecule has 0 amide bonds. The Morgan fingerprint density at radius 1 is 1.22 bits per heavy atom. The first-order chi connectivity index (χ1) is 10.9. The van der Waals surface area contributed by atoms with Crippen LogP contribution < -0.4 is 0 Å². The summed E-state index contributed by atoms with van der Waals surface area (Å²) >= 11 is 0. The summed E-state index contributed by atoms with van der Waals surface area (Å²) in [6, 6.07) is 8.57. The van der Waals surface area contributed by atoms with Gasteiger partial charge in [-0.2, -0.15) is 0 Å². The summed E-state index contributed by atoms with van der Waals surface area (Å²) in [4.78, 5) is 4.80. The number of hydrogen-bond donors (Lipinski definition) is 0. The molecular weight excluding hydrogens is 278 g/mol. The van der Waals surface area contributed by atoms with Crippen LogP contribution in [0, 0.1) is 5.41 Å². The predicted molar refractivity (Wildman–Crippen MR) is 103 cm³/mol. The first kappa shape index (κ1) is 17.2. The normalized spacial score (nSPS) is 14.7. The number of nitrogens with zero attached hydrogens (tertiary/aromatic N) is 1. The molecule has 23 heavy (non-hydrogen) atoms. The molecule has 0 fully saturated rings. The van der Waals surface area contributed by atoms with Crippen LogP contribution in [0.4, 0.5) is 0 Å². The zero-order valence-electron chi connectivity index (χ0n) is 14.7. The predicted octanol–water partition coefficient (Wildman–Crippen LogP) is 5.80. The Balaban J connectivity index is 2.25. The maximum Gasteiger partial charge on any atom is 0.0615 e. The van der Waals surface area contributed by atoms with Gasteiger partial charge in [0, 0.05) is 5.71 Å². The zero-order valence-corrected chi connectivity index (χ0v) is 14.7. The molecule has 0 bridgehead atoms. The molecule has 0 radical (unpaired) electrons. The second kappa shape index (κ2) is 6.95. The Kier molecular flexibility index (Phi) is 5.20. The molecule has 0 aliphatic carbocycles. The first-order valence-corrected chi connectivity index (χ1v) is 8.13. The third-order valence-corrected chi connectivity index (χ3v) is 4.34. The Labute approximate surface area is 140 Å². The van der Waals surface area contributed by atoms with Gasteiger partial charge >= 0.3 is 0 Å². The van der Waals surface area contributed by atoms with E-state index >= 15 is 0 Å². The molecule has 120 valence electrons. The van der Waals surface area contributed by atoms with Gasteiger partial charge in [0.15, 0.2) is 0 Å². The summed E-state index contributed by atoms with van der Waals surface area (Å²) < 4.78 is 0. The van der Waals surface area contributed by atoms with E-state index in [1.54, 1.807) is 0 Å². The van der Waals surface area contributed by atoms with Crippen molar-refractivity contribution in [1.29, 1.82) is 0 Å². The lowest BCUT2D eigenvalue weighted by molar-refractivity contribution is 0.505. The highest BCUT2D eigenvalue weighted by Gasteiger charge is 2.25. The van der Waals surface area contributed by atoms with Crippen LogP contribution in [0.15, 0.2) is 71.8 Å². The highest BCUT2D eigenvalue weighted by atomic mass is 14.8. The number of benzene rings is 1. The van der Waals surface area contributed by atoms with Gasteiger partial charge in [0.2, 0.25) is 0 Å². The molecule has 0 saturated heterocycles. The largest absolute Gasteiger partial charge is 0.285 e. The van der Waals surface area contributed by atoms with Gasteiger partial charge in [0.05, 0.1) is 6.54 Å². The van der Waals surface area contributed by atoms with E-state index in [4.69, 9.17) is 4.99 Å². The third-order valence-electron chi connectivity index (χ3n) is 4.34. The van der Waals surface area contributed by atoms with E-state index in [1.807, 2.05) is 12.2 Å². The molecule has 0 unspecified atom stereocenters. The lowest BCUT2D eigenvalue weighted by Crippen LogP contribution is -2.15. The first-order valence-electron chi connectivity index (χ1n) is 8.13. The van der Waals surface area contributed by atoms with Crippen LogP contribution in [0.25, 0.3) is 6.08 Å². The molecule has 0 N–H and O–H groups in total. The monoisotopic (exact) mass is 305 g/mol. The smallest absolute Gasteiger partial charge is 0.0615 e. The molecular formula is C22H27N. The summed E-state index contributed by atoms with van der Waals surface area (Å²) in [7, 11) is 0. The molecule has 0 saturated carbocycles. The third kappa shape index (κ3) is 4.19. The van der Waals surface area contributed by atoms with E-state index in [1.165, 1.54) is 22.4 Å². The molecule has 1 aromatic rings. The fraction of sp³-hybridized carbons (Fsp3) is 0.318. The van der Waals surface area contributed by atoms with Crippen molar-refractivity contribution in [2.45, 2.75) is 33.6 Å². The van der Waals surface area contributed by atoms with E-state index in [2.05, 4.69) is 64.8 Å². The number of rotatable bonds is 7. The van der Waals surface area contributed by atoms with Gasteiger partial charge in [-0.05, 0) is 53.0 Å². The molecule has 0 aromatic heterocycles. The van der Waals surface area contributed by atoms with E-state index in [-0.39, 0.29) is 5.41 Å². The molecule has 0 spiro atoms. The van der Waals surface area contributed by atoms with Crippen molar-refractivity contribution in [3.05, 3.63) is 77.9 Å². The lowest BCUT2D eigenvalue weighted by Gasteiger charge is -2.21. The highest BCUT2D eigenvalue weighted by Crippen LogP contribution is 2.32. The molecule has 2 rings (SSSR count).